The largest absolute Gasteiger partial charge is 0.586 e. The van der Waals surface area contributed by atoms with Gasteiger partial charge in [0.2, 0.25) is 0 Å². The second kappa shape index (κ2) is 12.8. The highest BCUT2D eigenvalue weighted by Gasteiger charge is 2.02. The van der Waals surface area contributed by atoms with Crippen LogP contribution in [0.3, 0.4) is 0 Å². The predicted molar refractivity (Wildman–Crippen MR) is 92.1 cm³/mol. The summed E-state index contributed by atoms with van der Waals surface area (Å²) < 4.78 is 1.62. The highest BCUT2D eigenvalue weighted by atomic mass is 16.3. The molecule has 0 aliphatic rings. The van der Waals surface area contributed by atoms with E-state index in [1.54, 1.807) is 10.7 Å². The quantitative estimate of drug-likeness (QED) is 0.575. The van der Waals surface area contributed by atoms with Gasteiger partial charge in [-0.25, -0.2) is 0 Å². The zero-order valence-corrected chi connectivity index (χ0v) is 13.6. The van der Waals surface area contributed by atoms with Gasteiger partial charge < -0.3 is 10.2 Å². The van der Waals surface area contributed by atoms with E-state index in [0.29, 0.717) is 0 Å². The summed E-state index contributed by atoms with van der Waals surface area (Å²) in [6, 6.07) is 11.8. The molecule has 4 nitrogen and oxygen atoms in total. The van der Waals surface area contributed by atoms with Gasteiger partial charge in [0.15, 0.2) is 5.69 Å². The molecular formula is C18H26BN2O2+. The van der Waals surface area contributed by atoms with Gasteiger partial charge in [-0.1, -0.05) is 12.1 Å². The van der Waals surface area contributed by atoms with E-state index in [-0.39, 0.29) is 13.2 Å². The highest BCUT2D eigenvalue weighted by molar-refractivity contribution is 5.94. The number of nitrogens with zero attached hydrogens (tertiary/aromatic N) is 2. The number of aliphatic hydroxyl groups is 2. The fourth-order valence-corrected chi connectivity index (χ4v) is 2.09. The van der Waals surface area contributed by atoms with E-state index in [4.69, 9.17) is 18.2 Å². The average molecular weight is 313 g/mol. The Hall–Kier alpha value is -1.72. The van der Waals surface area contributed by atoms with Crippen LogP contribution in [0.4, 0.5) is 0 Å². The molecule has 122 valence electrons. The SMILES string of the molecule is OCCCCc1ccccn1.[B][n+]1ccccc1CCCCO. The number of hydrogen-bond donors (Lipinski definition) is 2. The maximum atomic E-state index is 8.58. The molecule has 0 fully saturated rings. The number of pyridine rings is 2. The third kappa shape index (κ3) is 9.11. The summed E-state index contributed by atoms with van der Waals surface area (Å²) in [6.45, 7) is 0.546. The van der Waals surface area contributed by atoms with Gasteiger partial charge in [-0.05, 0) is 50.3 Å². The van der Waals surface area contributed by atoms with Crippen LogP contribution >= 0.6 is 0 Å². The fraction of sp³-hybridized carbons (Fsp3) is 0.444. The maximum absolute atomic E-state index is 8.58. The molecule has 0 atom stereocenters. The van der Waals surface area contributed by atoms with Gasteiger partial charge in [-0.2, -0.15) is 0 Å². The smallest absolute Gasteiger partial charge is 0.396 e. The van der Waals surface area contributed by atoms with E-state index in [0.717, 1.165) is 49.9 Å². The van der Waals surface area contributed by atoms with Crippen LogP contribution < -0.4 is 4.48 Å². The van der Waals surface area contributed by atoms with Crippen LogP contribution in [0.2, 0.25) is 0 Å². The Kier molecular flexibility index (Phi) is 10.8. The minimum absolute atomic E-state index is 0.261. The van der Waals surface area contributed by atoms with Crippen LogP contribution in [0, 0.1) is 0 Å². The summed E-state index contributed by atoms with van der Waals surface area (Å²) in [7, 11) is 5.66. The molecule has 2 N–H and O–H groups in total. The van der Waals surface area contributed by atoms with Crippen molar-refractivity contribution < 1.29 is 14.7 Å². The number of aryl methyl sites for hydroxylation is 2. The molecule has 2 aromatic heterocycles. The molecule has 0 saturated heterocycles. The van der Waals surface area contributed by atoms with Crippen molar-refractivity contribution in [2.45, 2.75) is 38.5 Å². The molecule has 0 bridgehead atoms. The van der Waals surface area contributed by atoms with Gasteiger partial charge in [0.25, 0.3) is 0 Å². The number of unbranched alkanes of at least 4 members (excludes halogenated alkanes) is 2. The summed E-state index contributed by atoms with van der Waals surface area (Å²) in [5.41, 5.74) is 2.21. The van der Waals surface area contributed by atoms with Gasteiger partial charge in [0, 0.05) is 37.6 Å². The van der Waals surface area contributed by atoms with E-state index in [1.165, 1.54) is 0 Å². The lowest BCUT2D eigenvalue weighted by Gasteiger charge is -1.98. The molecule has 2 aromatic rings. The standard InChI is InChI=1S/C9H13BNO.C9H13NO/c10-11-7-3-1-5-9(11)6-2-4-8-12;11-8-4-2-6-9-5-1-3-7-10-9/h1,3,5,7,12H,2,4,6,8H2;1,3,5,7,11H,2,4,6,8H2/q+1;. The second-order valence-electron chi connectivity index (χ2n) is 5.28. The minimum Gasteiger partial charge on any atom is -0.396 e. The molecular weight excluding hydrogens is 287 g/mol. The van der Waals surface area contributed by atoms with E-state index in [9.17, 15) is 0 Å². The summed E-state index contributed by atoms with van der Waals surface area (Å²) in [5, 5.41) is 17.1. The molecule has 0 aliphatic carbocycles. The first-order valence-electron chi connectivity index (χ1n) is 8.14. The Bertz CT molecular complexity index is 523. The van der Waals surface area contributed by atoms with Crippen LogP contribution in [0.1, 0.15) is 37.1 Å². The molecule has 2 heterocycles. The molecule has 0 spiro atoms. The first kappa shape index (κ1) is 19.3. The molecule has 0 saturated carbocycles. The predicted octanol–water partition coefficient (Wildman–Crippen LogP) is 1.62. The van der Waals surface area contributed by atoms with Crippen LogP contribution in [0.5, 0.6) is 0 Å². The van der Waals surface area contributed by atoms with Crippen molar-refractivity contribution in [3.05, 3.63) is 60.2 Å². The molecule has 23 heavy (non-hydrogen) atoms. The Morgan fingerprint density at radius 3 is 2.17 bits per heavy atom. The number of hydrogen-bond acceptors (Lipinski definition) is 3. The zero-order valence-electron chi connectivity index (χ0n) is 13.6. The zero-order chi connectivity index (χ0) is 16.8. The van der Waals surface area contributed by atoms with Crippen molar-refractivity contribution in [2.75, 3.05) is 13.2 Å². The first-order chi connectivity index (χ1) is 11.3. The monoisotopic (exact) mass is 313 g/mol. The lowest BCUT2D eigenvalue weighted by Crippen LogP contribution is -2.35. The van der Waals surface area contributed by atoms with E-state index < -0.39 is 0 Å². The molecule has 5 heteroatoms. The summed E-state index contributed by atoms with van der Waals surface area (Å²) >= 11 is 0. The number of aliphatic hydroxyl groups excluding tert-OH is 2. The van der Waals surface area contributed by atoms with Crippen molar-refractivity contribution >= 4 is 7.98 Å². The molecule has 0 aliphatic heterocycles. The second-order valence-corrected chi connectivity index (χ2v) is 5.28. The average Bonchev–Trinajstić information content (AvgIpc) is 2.59. The number of rotatable bonds is 8. The van der Waals surface area contributed by atoms with Crippen molar-refractivity contribution in [3.8, 4) is 0 Å². The summed E-state index contributed by atoms with van der Waals surface area (Å²) in [5.74, 6) is 0. The van der Waals surface area contributed by atoms with Crippen LogP contribution in [0.25, 0.3) is 0 Å². The van der Waals surface area contributed by atoms with Crippen LogP contribution in [-0.4, -0.2) is 36.4 Å². The minimum atomic E-state index is 0.261. The maximum Gasteiger partial charge on any atom is 0.586 e. The lowest BCUT2D eigenvalue weighted by molar-refractivity contribution is -0.531. The Labute approximate surface area is 140 Å². The topological polar surface area (TPSA) is 57.2 Å². The van der Waals surface area contributed by atoms with Gasteiger partial charge in [-0.15, -0.1) is 0 Å². The van der Waals surface area contributed by atoms with Gasteiger partial charge in [-0.3, -0.25) is 9.46 Å². The Balaban J connectivity index is 0.000000231. The van der Waals surface area contributed by atoms with Crippen molar-refractivity contribution in [3.63, 3.8) is 0 Å². The molecule has 0 unspecified atom stereocenters. The molecule has 2 rings (SSSR count). The first-order valence-corrected chi connectivity index (χ1v) is 8.14. The molecule has 0 amide bonds. The van der Waals surface area contributed by atoms with Crippen molar-refractivity contribution in [1.29, 1.82) is 0 Å². The lowest BCUT2D eigenvalue weighted by atomic mass is 10.1. The third-order valence-corrected chi connectivity index (χ3v) is 3.39. The Morgan fingerprint density at radius 2 is 1.57 bits per heavy atom. The molecule has 2 radical (unpaired) electrons. The van der Waals surface area contributed by atoms with Crippen molar-refractivity contribution in [1.82, 2.24) is 4.98 Å². The van der Waals surface area contributed by atoms with Gasteiger partial charge in [0.1, 0.15) is 6.20 Å². The van der Waals surface area contributed by atoms with Crippen LogP contribution in [-0.2, 0) is 12.8 Å². The number of aromatic nitrogens is 2. The summed E-state index contributed by atoms with van der Waals surface area (Å²) in [4.78, 5) is 4.17. The normalized spacial score (nSPS) is 10.0. The van der Waals surface area contributed by atoms with Crippen molar-refractivity contribution in [2.24, 2.45) is 0 Å². The van der Waals surface area contributed by atoms with E-state index in [2.05, 4.69) is 4.98 Å². The van der Waals surface area contributed by atoms with Gasteiger partial charge in [0.05, 0.1) is 0 Å². The summed E-state index contributed by atoms with van der Waals surface area (Å²) in [6.07, 6.45) is 9.25. The van der Waals surface area contributed by atoms with Crippen LogP contribution in [0.15, 0.2) is 48.8 Å². The van der Waals surface area contributed by atoms with E-state index in [1.807, 2.05) is 42.6 Å². The molecule has 0 aromatic carbocycles. The highest BCUT2D eigenvalue weighted by Crippen LogP contribution is 2.00. The van der Waals surface area contributed by atoms with E-state index >= 15 is 0 Å². The fourth-order valence-electron chi connectivity index (χ4n) is 2.09. The Morgan fingerprint density at radius 1 is 0.870 bits per heavy atom. The third-order valence-electron chi connectivity index (χ3n) is 3.39. The van der Waals surface area contributed by atoms with Gasteiger partial charge >= 0.3 is 7.98 Å².